The zero-order valence-electron chi connectivity index (χ0n) is 22.2. The van der Waals surface area contributed by atoms with Crippen LogP contribution in [0.15, 0.2) is 41.3 Å². The molecule has 1 aromatic heterocycles. The van der Waals surface area contributed by atoms with Gasteiger partial charge >= 0.3 is 0 Å². The van der Waals surface area contributed by atoms with Gasteiger partial charge in [0.2, 0.25) is 16.4 Å². The zero-order chi connectivity index (χ0) is 28.4. The lowest BCUT2D eigenvalue weighted by atomic mass is 10.1. The van der Waals surface area contributed by atoms with E-state index in [1.54, 1.807) is 18.3 Å². The van der Waals surface area contributed by atoms with E-state index in [0.29, 0.717) is 18.5 Å². The van der Waals surface area contributed by atoms with Crippen molar-refractivity contribution in [3.8, 4) is 0 Å². The summed E-state index contributed by atoms with van der Waals surface area (Å²) in [4.78, 5) is 28.7. The molecule has 13 heteroatoms. The normalized spacial score (nSPS) is 21.2. The van der Waals surface area contributed by atoms with Crippen LogP contribution >= 0.6 is 0 Å². The molecule has 2 fully saturated rings. The second-order valence-corrected chi connectivity index (χ2v) is 18.3. The van der Waals surface area contributed by atoms with Crippen LogP contribution in [0, 0.1) is 5.92 Å². The Morgan fingerprint density at radius 1 is 1.18 bits per heavy atom. The quantitative estimate of drug-likeness (QED) is 0.385. The number of halogens is 2. The number of pyridine rings is 1. The summed E-state index contributed by atoms with van der Waals surface area (Å²) in [6, 6.07) is 9.38. The fourth-order valence-electron chi connectivity index (χ4n) is 5.31. The van der Waals surface area contributed by atoms with Gasteiger partial charge in [-0.15, -0.1) is 0 Å². The van der Waals surface area contributed by atoms with Crippen LogP contribution in [0.5, 0.6) is 0 Å². The van der Waals surface area contributed by atoms with E-state index in [-0.39, 0.29) is 29.4 Å². The number of sulfonamides is 1. The predicted molar refractivity (Wildman–Crippen MR) is 151 cm³/mol. The maximum Gasteiger partial charge on any atom is 0.274 e. The molecule has 0 radical (unpaired) electrons. The van der Waals surface area contributed by atoms with E-state index < -0.39 is 54.3 Å². The number of carbonyl (C=O) groups is 1. The summed E-state index contributed by atoms with van der Waals surface area (Å²) in [6.07, 6.45) is 0.166. The Kier molecular flexibility index (Phi) is 8.81. The average molecular weight is 583 g/mol. The largest absolute Gasteiger partial charge is 0.395 e. The molecule has 0 unspecified atom stereocenters. The molecule has 9 nitrogen and oxygen atoms in total. The first-order valence-corrected chi connectivity index (χ1v) is 18.3. The summed E-state index contributed by atoms with van der Waals surface area (Å²) in [6.45, 7) is 5.54. The van der Waals surface area contributed by atoms with E-state index in [9.17, 15) is 26.8 Å². The Morgan fingerprint density at radius 3 is 2.54 bits per heavy atom. The summed E-state index contributed by atoms with van der Waals surface area (Å²) in [5.41, 5.74) is 0.706. The van der Waals surface area contributed by atoms with Crippen LogP contribution in [0.25, 0.3) is 0 Å². The molecule has 0 spiro atoms. The SMILES string of the molecule is C[Si]1(C)CCN(c2cc(NS(=O)(=O)CCO)ccc2C(=O)Nc2cccn([C@@H]3CC[C@@H](C(F)F)C3)c2=O)CC1. The number of nitrogens with zero attached hydrogens (tertiary/aromatic N) is 2. The summed E-state index contributed by atoms with van der Waals surface area (Å²) in [5.74, 6) is -1.72. The van der Waals surface area contributed by atoms with Crippen LogP contribution in [0.3, 0.4) is 0 Å². The third-order valence-corrected chi connectivity index (χ3v) is 12.2. The Hall–Kier alpha value is -2.77. The molecule has 1 aliphatic heterocycles. The van der Waals surface area contributed by atoms with Crippen molar-refractivity contribution in [2.45, 2.75) is 56.9 Å². The van der Waals surface area contributed by atoms with E-state index in [1.165, 1.54) is 22.8 Å². The molecular weight excluding hydrogens is 546 g/mol. The molecule has 1 amide bonds. The van der Waals surface area contributed by atoms with Gasteiger partial charge in [-0.1, -0.05) is 13.1 Å². The van der Waals surface area contributed by atoms with Gasteiger partial charge in [-0.2, -0.15) is 0 Å². The number of aromatic nitrogens is 1. The van der Waals surface area contributed by atoms with E-state index >= 15 is 0 Å². The van der Waals surface area contributed by atoms with Crippen molar-refractivity contribution in [1.29, 1.82) is 0 Å². The minimum Gasteiger partial charge on any atom is -0.395 e. The van der Waals surface area contributed by atoms with Crippen molar-refractivity contribution >= 4 is 41.1 Å². The minimum atomic E-state index is -3.76. The maximum atomic E-state index is 13.5. The van der Waals surface area contributed by atoms with Crippen LogP contribution in [0.1, 0.15) is 35.7 Å². The fourth-order valence-corrected chi connectivity index (χ4v) is 8.14. The van der Waals surface area contributed by atoms with Crippen LogP contribution in [0.2, 0.25) is 25.2 Å². The Morgan fingerprint density at radius 2 is 1.90 bits per heavy atom. The molecule has 2 heterocycles. The van der Waals surface area contributed by atoms with Crippen molar-refractivity contribution in [1.82, 2.24) is 4.57 Å². The van der Waals surface area contributed by atoms with Crippen LogP contribution in [0.4, 0.5) is 25.8 Å². The number of benzene rings is 1. The fraction of sp³-hybridized carbons (Fsp3) is 0.538. The van der Waals surface area contributed by atoms with Crippen molar-refractivity contribution in [3.63, 3.8) is 0 Å². The number of alkyl halides is 2. The topological polar surface area (TPSA) is 121 Å². The highest BCUT2D eigenvalue weighted by Gasteiger charge is 2.33. The molecular formula is C26H36F2N4O5SSi. The lowest BCUT2D eigenvalue weighted by Gasteiger charge is -2.38. The molecule has 1 saturated heterocycles. The van der Waals surface area contributed by atoms with Gasteiger partial charge in [-0.05, 0) is 61.7 Å². The third kappa shape index (κ3) is 7.06. The number of aliphatic hydroxyl groups excluding tert-OH is 1. The molecule has 2 aromatic rings. The van der Waals surface area contributed by atoms with Gasteiger partial charge in [0.15, 0.2) is 0 Å². The summed E-state index contributed by atoms with van der Waals surface area (Å²) >= 11 is 0. The highest BCUT2D eigenvalue weighted by molar-refractivity contribution is 7.92. The molecule has 0 bridgehead atoms. The van der Waals surface area contributed by atoms with Gasteiger partial charge in [0.05, 0.1) is 37.4 Å². The number of carbonyl (C=O) groups excluding carboxylic acids is 1. The molecule has 39 heavy (non-hydrogen) atoms. The maximum absolute atomic E-state index is 13.5. The van der Waals surface area contributed by atoms with Crippen molar-refractivity contribution < 1.29 is 27.1 Å². The standard InChI is InChI=1S/C26H36F2N4O5SSi/c1-39(2)14-10-31(11-15-39)23-17-19(30-38(36,37)13-12-33)6-8-21(23)25(34)29-22-4-3-9-32(26(22)35)20-7-5-18(16-20)24(27)28/h3-4,6,8-9,17-18,20,24,30,33H,5,7,10-16H2,1-2H3,(H,29,34)/t18-,20-/m1/s1. The molecule has 1 saturated carbocycles. The second-order valence-electron chi connectivity index (χ2n) is 11.2. The molecule has 2 atom stereocenters. The molecule has 2 aliphatic rings. The third-order valence-electron chi connectivity index (χ3n) is 7.75. The van der Waals surface area contributed by atoms with Gasteiger partial charge in [-0.3, -0.25) is 14.3 Å². The van der Waals surface area contributed by atoms with E-state index in [1.807, 2.05) is 0 Å². The summed E-state index contributed by atoms with van der Waals surface area (Å²) in [5, 5.41) is 11.8. The highest BCUT2D eigenvalue weighted by Crippen LogP contribution is 2.37. The first-order chi connectivity index (χ1) is 18.4. The minimum absolute atomic E-state index is 0.0499. The summed E-state index contributed by atoms with van der Waals surface area (Å²) in [7, 11) is -5.11. The lowest BCUT2D eigenvalue weighted by Crippen LogP contribution is -2.43. The Bertz CT molecular complexity index is 1360. The van der Waals surface area contributed by atoms with Gasteiger partial charge in [0.1, 0.15) is 5.69 Å². The Labute approximate surface area is 228 Å². The van der Waals surface area contributed by atoms with Crippen LogP contribution in [-0.4, -0.2) is 63.9 Å². The average Bonchev–Trinajstić information content (AvgIpc) is 3.35. The number of hydrogen-bond donors (Lipinski definition) is 3. The van der Waals surface area contributed by atoms with Crippen molar-refractivity contribution in [2.24, 2.45) is 5.92 Å². The monoisotopic (exact) mass is 582 g/mol. The lowest BCUT2D eigenvalue weighted by molar-refractivity contribution is 0.0786. The van der Waals surface area contributed by atoms with Crippen molar-refractivity contribution in [3.05, 3.63) is 52.4 Å². The first-order valence-electron chi connectivity index (χ1n) is 13.2. The molecule has 4 rings (SSSR count). The summed E-state index contributed by atoms with van der Waals surface area (Å²) < 4.78 is 54.7. The zero-order valence-corrected chi connectivity index (χ0v) is 24.0. The smallest absolute Gasteiger partial charge is 0.274 e. The number of amides is 1. The predicted octanol–water partition coefficient (Wildman–Crippen LogP) is 3.97. The number of aliphatic hydroxyl groups is 1. The van der Waals surface area contributed by atoms with E-state index in [2.05, 4.69) is 28.0 Å². The molecule has 1 aliphatic carbocycles. The Balaban J connectivity index is 1.61. The van der Waals surface area contributed by atoms with E-state index in [0.717, 1.165) is 25.2 Å². The first kappa shape index (κ1) is 29.2. The van der Waals surface area contributed by atoms with Gasteiger partial charge < -0.3 is 19.9 Å². The van der Waals surface area contributed by atoms with Crippen LogP contribution in [-0.2, 0) is 10.0 Å². The van der Waals surface area contributed by atoms with Gasteiger partial charge in [0.25, 0.3) is 11.5 Å². The number of anilines is 3. The highest BCUT2D eigenvalue weighted by atomic mass is 32.2. The number of hydrogen-bond acceptors (Lipinski definition) is 6. The second kappa shape index (κ2) is 11.8. The van der Waals surface area contributed by atoms with Crippen molar-refractivity contribution in [2.75, 3.05) is 40.4 Å². The molecule has 1 aromatic carbocycles. The van der Waals surface area contributed by atoms with E-state index in [4.69, 9.17) is 5.11 Å². The number of rotatable bonds is 9. The van der Waals surface area contributed by atoms with Gasteiger partial charge in [-0.25, -0.2) is 17.2 Å². The molecule has 3 N–H and O–H groups in total. The molecule has 214 valence electrons. The van der Waals surface area contributed by atoms with Gasteiger partial charge in [0, 0.05) is 31.2 Å². The van der Waals surface area contributed by atoms with Crippen LogP contribution < -0.4 is 20.5 Å². The number of nitrogens with one attached hydrogen (secondary N) is 2.